The summed E-state index contributed by atoms with van der Waals surface area (Å²) in [5, 5.41) is 6.48. The molecule has 1 heterocycles. The highest BCUT2D eigenvalue weighted by Gasteiger charge is 2.29. The van der Waals surface area contributed by atoms with Crippen LogP contribution in [0.2, 0.25) is 0 Å². The van der Waals surface area contributed by atoms with Gasteiger partial charge in [-0.15, -0.1) is 0 Å². The number of hydrogen-bond acceptors (Lipinski definition) is 2. The Morgan fingerprint density at radius 3 is 2.95 bits per heavy atom. The summed E-state index contributed by atoms with van der Waals surface area (Å²) < 4.78 is 20.3. The van der Waals surface area contributed by atoms with Gasteiger partial charge in [0.25, 0.3) is 0 Å². The van der Waals surface area contributed by atoms with E-state index in [0.717, 1.165) is 30.5 Å². The van der Waals surface area contributed by atoms with Crippen LogP contribution in [0, 0.1) is 5.82 Å². The molecule has 2 rings (SSSR count). The highest BCUT2D eigenvalue weighted by molar-refractivity contribution is 9.10. The molecule has 1 atom stereocenters. The maximum absolute atomic E-state index is 13.7. The van der Waals surface area contributed by atoms with Gasteiger partial charge in [0, 0.05) is 31.2 Å². The fourth-order valence-corrected chi connectivity index (χ4v) is 2.93. The highest BCUT2D eigenvalue weighted by atomic mass is 79.9. The number of nitrogens with zero attached hydrogens (tertiary/aromatic N) is 1. The molecule has 0 aromatic heterocycles. The monoisotopic (exact) mass is 371 g/mol. The molecule has 1 saturated heterocycles. The van der Waals surface area contributed by atoms with E-state index in [2.05, 4.69) is 38.5 Å². The number of benzene rings is 1. The molecule has 4 nitrogen and oxygen atoms in total. The molecule has 0 amide bonds. The minimum atomic E-state index is -0.181. The second-order valence-electron chi connectivity index (χ2n) is 5.74. The van der Waals surface area contributed by atoms with Crippen LogP contribution >= 0.6 is 15.9 Å². The second kappa shape index (κ2) is 7.92. The average molecular weight is 372 g/mol. The van der Waals surface area contributed by atoms with E-state index < -0.39 is 0 Å². The van der Waals surface area contributed by atoms with Crippen LogP contribution in [0.3, 0.4) is 0 Å². The molecule has 0 bridgehead atoms. The summed E-state index contributed by atoms with van der Waals surface area (Å²) in [7, 11) is 1.73. The average Bonchev–Trinajstić information content (AvgIpc) is 2.93. The van der Waals surface area contributed by atoms with Crippen molar-refractivity contribution in [2.24, 2.45) is 4.99 Å². The third-order valence-electron chi connectivity index (χ3n) is 3.85. The molecule has 1 unspecified atom stereocenters. The van der Waals surface area contributed by atoms with Gasteiger partial charge < -0.3 is 15.4 Å². The Bertz CT molecular complexity index is 530. The van der Waals surface area contributed by atoms with Crippen LogP contribution in [-0.4, -0.2) is 38.3 Å². The summed E-state index contributed by atoms with van der Waals surface area (Å²) in [6.07, 6.45) is 2.76. The number of halogens is 2. The number of nitrogens with one attached hydrogen (secondary N) is 2. The molecule has 0 spiro atoms. The van der Waals surface area contributed by atoms with Crippen molar-refractivity contribution in [2.75, 3.05) is 26.7 Å². The maximum Gasteiger partial charge on any atom is 0.191 e. The minimum Gasteiger partial charge on any atom is -0.373 e. The lowest BCUT2D eigenvalue weighted by Crippen LogP contribution is -2.46. The van der Waals surface area contributed by atoms with E-state index in [1.807, 2.05) is 0 Å². The van der Waals surface area contributed by atoms with Gasteiger partial charge in [-0.2, -0.15) is 0 Å². The molecule has 1 aromatic rings. The largest absolute Gasteiger partial charge is 0.373 e. The van der Waals surface area contributed by atoms with Gasteiger partial charge in [-0.05, 0) is 49.9 Å². The van der Waals surface area contributed by atoms with E-state index in [9.17, 15) is 4.39 Å². The standard InChI is InChI=1S/C16H23BrFN3O/c1-16(7-3-9-22-16)11-21-15(19-2)20-8-6-12-10-13(17)4-5-14(12)18/h4-5,10H,3,6-9,11H2,1-2H3,(H2,19,20,21). The fraction of sp³-hybridized carbons (Fsp3) is 0.562. The summed E-state index contributed by atoms with van der Waals surface area (Å²) >= 11 is 3.36. The van der Waals surface area contributed by atoms with Gasteiger partial charge >= 0.3 is 0 Å². The van der Waals surface area contributed by atoms with Crippen LogP contribution in [0.1, 0.15) is 25.3 Å². The van der Waals surface area contributed by atoms with E-state index in [0.29, 0.717) is 24.5 Å². The lowest BCUT2D eigenvalue weighted by Gasteiger charge is -2.24. The molecule has 1 aliphatic heterocycles. The van der Waals surface area contributed by atoms with Gasteiger partial charge in [0.05, 0.1) is 5.60 Å². The second-order valence-corrected chi connectivity index (χ2v) is 6.66. The molecule has 1 fully saturated rings. The predicted molar refractivity (Wildman–Crippen MR) is 90.8 cm³/mol. The van der Waals surface area contributed by atoms with Crippen LogP contribution in [0.15, 0.2) is 27.7 Å². The summed E-state index contributed by atoms with van der Waals surface area (Å²) in [5.41, 5.74) is 0.567. The number of aliphatic imine (C=N–C) groups is 1. The zero-order chi connectivity index (χ0) is 16.0. The summed E-state index contributed by atoms with van der Waals surface area (Å²) in [5.74, 6) is 0.534. The first kappa shape index (κ1) is 17.2. The van der Waals surface area contributed by atoms with Crippen molar-refractivity contribution in [1.82, 2.24) is 10.6 Å². The smallest absolute Gasteiger partial charge is 0.191 e. The third kappa shape index (κ3) is 4.95. The molecule has 22 heavy (non-hydrogen) atoms. The van der Waals surface area contributed by atoms with E-state index >= 15 is 0 Å². The van der Waals surface area contributed by atoms with Crippen molar-refractivity contribution in [3.8, 4) is 0 Å². The van der Waals surface area contributed by atoms with Crippen molar-refractivity contribution in [2.45, 2.75) is 31.8 Å². The summed E-state index contributed by atoms with van der Waals surface area (Å²) in [6, 6.07) is 4.99. The van der Waals surface area contributed by atoms with Crippen LogP contribution in [0.4, 0.5) is 4.39 Å². The molecule has 122 valence electrons. The Morgan fingerprint density at radius 1 is 1.45 bits per heavy atom. The zero-order valence-electron chi connectivity index (χ0n) is 13.1. The van der Waals surface area contributed by atoms with E-state index in [4.69, 9.17) is 4.74 Å². The Labute approximate surface area is 139 Å². The van der Waals surface area contributed by atoms with Gasteiger partial charge in [0.15, 0.2) is 5.96 Å². The van der Waals surface area contributed by atoms with Crippen LogP contribution in [-0.2, 0) is 11.2 Å². The van der Waals surface area contributed by atoms with Crippen LogP contribution in [0.5, 0.6) is 0 Å². The highest BCUT2D eigenvalue weighted by Crippen LogP contribution is 2.23. The quantitative estimate of drug-likeness (QED) is 0.617. The Morgan fingerprint density at radius 2 is 2.27 bits per heavy atom. The lowest BCUT2D eigenvalue weighted by molar-refractivity contribution is 0.0243. The van der Waals surface area contributed by atoms with Crippen molar-refractivity contribution in [3.05, 3.63) is 34.1 Å². The first-order valence-electron chi connectivity index (χ1n) is 7.55. The van der Waals surface area contributed by atoms with Gasteiger partial charge in [0.1, 0.15) is 5.82 Å². The van der Waals surface area contributed by atoms with Crippen molar-refractivity contribution >= 4 is 21.9 Å². The number of guanidine groups is 1. The Hall–Kier alpha value is -1.14. The number of ether oxygens (including phenoxy) is 1. The van der Waals surface area contributed by atoms with E-state index in [1.54, 1.807) is 19.2 Å². The summed E-state index contributed by atoms with van der Waals surface area (Å²) in [4.78, 5) is 4.19. The molecule has 2 N–H and O–H groups in total. The van der Waals surface area contributed by atoms with Crippen molar-refractivity contribution < 1.29 is 9.13 Å². The van der Waals surface area contributed by atoms with Crippen molar-refractivity contribution in [3.63, 3.8) is 0 Å². The normalized spacial score (nSPS) is 21.9. The van der Waals surface area contributed by atoms with E-state index in [-0.39, 0.29) is 11.4 Å². The molecular formula is C16H23BrFN3O. The van der Waals surface area contributed by atoms with Gasteiger partial charge in [-0.3, -0.25) is 4.99 Å². The lowest BCUT2D eigenvalue weighted by atomic mass is 10.0. The molecular weight excluding hydrogens is 349 g/mol. The van der Waals surface area contributed by atoms with Gasteiger partial charge in [-0.25, -0.2) is 4.39 Å². The Kier molecular flexibility index (Phi) is 6.20. The molecule has 6 heteroatoms. The van der Waals surface area contributed by atoms with Crippen LogP contribution < -0.4 is 10.6 Å². The van der Waals surface area contributed by atoms with Crippen molar-refractivity contribution in [1.29, 1.82) is 0 Å². The molecule has 0 radical (unpaired) electrons. The SMILES string of the molecule is CN=C(NCCc1cc(Br)ccc1F)NCC1(C)CCCO1. The molecule has 0 aliphatic carbocycles. The maximum atomic E-state index is 13.7. The fourth-order valence-electron chi connectivity index (χ4n) is 2.52. The third-order valence-corrected chi connectivity index (χ3v) is 4.34. The Balaban J connectivity index is 1.78. The van der Waals surface area contributed by atoms with Gasteiger partial charge in [0.2, 0.25) is 0 Å². The molecule has 0 saturated carbocycles. The topological polar surface area (TPSA) is 45.7 Å². The first-order valence-corrected chi connectivity index (χ1v) is 8.34. The van der Waals surface area contributed by atoms with E-state index in [1.165, 1.54) is 6.07 Å². The zero-order valence-corrected chi connectivity index (χ0v) is 14.7. The molecule has 1 aliphatic rings. The minimum absolute atomic E-state index is 0.117. The molecule has 1 aromatic carbocycles. The first-order chi connectivity index (χ1) is 10.5. The number of hydrogen-bond donors (Lipinski definition) is 2. The van der Waals surface area contributed by atoms with Crippen LogP contribution in [0.25, 0.3) is 0 Å². The number of rotatable bonds is 5. The summed E-state index contributed by atoms with van der Waals surface area (Å²) in [6.45, 7) is 4.27. The predicted octanol–water partition coefficient (Wildman–Crippen LogP) is 2.86. The van der Waals surface area contributed by atoms with Gasteiger partial charge in [-0.1, -0.05) is 15.9 Å².